The second kappa shape index (κ2) is 14.3. The van der Waals surface area contributed by atoms with E-state index in [1.165, 1.54) is 0 Å². The number of ether oxygens (including phenoxy) is 3. The lowest BCUT2D eigenvalue weighted by Gasteiger charge is -2.39. The molecule has 2 amide bonds. The predicted molar refractivity (Wildman–Crippen MR) is 138 cm³/mol. The van der Waals surface area contributed by atoms with E-state index in [4.69, 9.17) is 19.4 Å². The Morgan fingerprint density at radius 3 is 2.24 bits per heavy atom. The number of benzene rings is 2. The van der Waals surface area contributed by atoms with Gasteiger partial charge in [0.2, 0.25) is 11.8 Å². The number of carbonyl (C=O) groups is 2. The van der Waals surface area contributed by atoms with E-state index >= 15 is 0 Å². The molecule has 38 heavy (non-hydrogen) atoms. The average Bonchev–Trinajstić information content (AvgIpc) is 2.96. The highest BCUT2D eigenvalue weighted by molar-refractivity contribution is 5.78. The van der Waals surface area contributed by atoms with Gasteiger partial charge in [-0.15, -0.1) is 0 Å². The van der Waals surface area contributed by atoms with Gasteiger partial charge in [-0.25, -0.2) is 5.48 Å². The number of rotatable bonds is 11. The summed E-state index contributed by atoms with van der Waals surface area (Å²) < 4.78 is 18.3. The van der Waals surface area contributed by atoms with Crippen molar-refractivity contribution in [3.63, 3.8) is 0 Å². The molecule has 10 nitrogen and oxygen atoms in total. The number of morpholine rings is 1. The zero-order chi connectivity index (χ0) is 26.7. The summed E-state index contributed by atoms with van der Waals surface area (Å²) in [6, 6.07) is 15.7. The smallest absolute Gasteiger partial charge is 0.243 e. The second-order valence-electron chi connectivity index (χ2n) is 9.67. The lowest BCUT2D eigenvalue weighted by atomic mass is 9.99. The summed E-state index contributed by atoms with van der Waals surface area (Å²) >= 11 is 0. The summed E-state index contributed by atoms with van der Waals surface area (Å²) in [4.78, 5) is 25.5. The Hall–Kier alpha value is -2.86. The van der Waals surface area contributed by atoms with Crippen LogP contribution in [0.5, 0.6) is 0 Å². The minimum absolute atomic E-state index is 0.00483. The standard InChI is InChI=1S/C28H37N3O7/c32-19-21-6-8-22(9-7-21)25-16-24(18-31-12-14-36-15-13-31)37-28(38-25)23-10-4-20(5-11-23)17-29-26(33)2-1-3-27(34)30-35/h4-11,24-25,28,32,35H,1-3,12-19H2,(H,29,33)(H,30,34). The highest BCUT2D eigenvalue weighted by Gasteiger charge is 2.33. The molecule has 206 valence electrons. The van der Waals surface area contributed by atoms with E-state index in [2.05, 4.69) is 10.2 Å². The van der Waals surface area contributed by atoms with E-state index in [1.807, 2.05) is 48.5 Å². The van der Waals surface area contributed by atoms with E-state index in [9.17, 15) is 14.7 Å². The number of aliphatic hydroxyl groups is 1. The molecule has 2 aliphatic rings. The molecule has 2 heterocycles. The molecule has 2 fully saturated rings. The largest absolute Gasteiger partial charge is 0.392 e. The zero-order valence-corrected chi connectivity index (χ0v) is 21.5. The van der Waals surface area contributed by atoms with Crippen molar-refractivity contribution in [3.8, 4) is 0 Å². The lowest BCUT2D eigenvalue weighted by molar-refractivity contribution is -0.253. The zero-order valence-electron chi connectivity index (χ0n) is 21.5. The van der Waals surface area contributed by atoms with Crippen LogP contribution in [0.25, 0.3) is 0 Å². The van der Waals surface area contributed by atoms with Gasteiger partial charge in [0.1, 0.15) is 0 Å². The average molecular weight is 528 g/mol. The van der Waals surface area contributed by atoms with Crippen LogP contribution in [0.4, 0.5) is 0 Å². The normalized spacial score (nSPS) is 22.1. The molecule has 2 aromatic rings. The lowest BCUT2D eigenvalue weighted by Crippen LogP contribution is -2.44. The molecule has 4 rings (SSSR count). The molecule has 10 heteroatoms. The highest BCUT2D eigenvalue weighted by Crippen LogP contribution is 2.38. The Bertz CT molecular complexity index is 1030. The van der Waals surface area contributed by atoms with Gasteiger partial charge in [0.05, 0.1) is 32.0 Å². The van der Waals surface area contributed by atoms with Crippen LogP contribution in [0.3, 0.4) is 0 Å². The fourth-order valence-electron chi connectivity index (χ4n) is 4.65. The van der Waals surface area contributed by atoms with Crippen molar-refractivity contribution < 1.29 is 34.1 Å². The summed E-state index contributed by atoms with van der Waals surface area (Å²) in [5.41, 5.74) is 5.31. The van der Waals surface area contributed by atoms with Crippen molar-refractivity contribution in [1.29, 1.82) is 0 Å². The van der Waals surface area contributed by atoms with Gasteiger partial charge in [-0.1, -0.05) is 48.5 Å². The maximum absolute atomic E-state index is 12.0. The number of aliphatic hydroxyl groups excluding tert-OH is 1. The SMILES string of the molecule is O=C(CCCC(=O)NCc1ccc(C2OC(CN3CCOCC3)CC(c3ccc(CO)cc3)O2)cc1)NO. The molecule has 0 aromatic heterocycles. The summed E-state index contributed by atoms with van der Waals surface area (Å²) in [5.74, 6) is -0.656. The third kappa shape index (κ3) is 8.32. The predicted octanol–water partition coefficient (Wildman–Crippen LogP) is 2.35. The Morgan fingerprint density at radius 2 is 1.55 bits per heavy atom. The third-order valence-electron chi connectivity index (χ3n) is 6.85. The Balaban J connectivity index is 1.37. The Labute approximate surface area is 222 Å². The van der Waals surface area contributed by atoms with Crippen molar-refractivity contribution in [2.75, 3.05) is 32.8 Å². The van der Waals surface area contributed by atoms with Gasteiger partial charge in [-0.3, -0.25) is 19.7 Å². The number of carbonyl (C=O) groups excluding carboxylic acids is 2. The van der Waals surface area contributed by atoms with Crippen LogP contribution >= 0.6 is 0 Å². The maximum Gasteiger partial charge on any atom is 0.243 e. The van der Waals surface area contributed by atoms with Crippen molar-refractivity contribution in [2.24, 2.45) is 0 Å². The van der Waals surface area contributed by atoms with Crippen LogP contribution in [0.1, 0.15) is 60.3 Å². The molecule has 0 spiro atoms. The van der Waals surface area contributed by atoms with E-state index in [0.29, 0.717) is 13.0 Å². The van der Waals surface area contributed by atoms with E-state index in [-0.39, 0.29) is 37.6 Å². The fraction of sp³-hybridized carbons (Fsp3) is 0.500. The quantitative estimate of drug-likeness (QED) is 0.259. The van der Waals surface area contributed by atoms with E-state index < -0.39 is 12.2 Å². The van der Waals surface area contributed by atoms with Gasteiger partial charge >= 0.3 is 0 Å². The molecule has 2 aliphatic heterocycles. The monoisotopic (exact) mass is 527 g/mol. The summed E-state index contributed by atoms with van der Waals surface area (Å²) in [7, 11) is 0. The summed E-state index contributed by atoms with van der Waals surface area (Å²) in [6.45, 7) is 4.41. The summed E-state index contributed by atoms with van der Waals surface area (Å²) in [5, 5.41) is 20.8. The van der Waals surface area contributed by atoms with E-state index in [0.717, 1.165) is 61.5 Å². The maximum atomic E-state index is 12.0. The minimum atomic E-state index is -0.529. The first kappa shape index (κ1) is 28.2. The van der Waals surface area contributed by atoms with Crippen molar-refractivity contribution in [1.82, 2.24) is 15.7 Å². The number of hydroxylamine groups is 1. The molecule has 0 radical (unpaired) electrons. The second-order valence-corrected chi connectivity index (χ2v) is 9.67. The van der Waals surface area contributed by atoms with Gasteiger partial charge in [-0.2, -0.15) is 0 Å². The summed E-state index contributed by atoms with van der Waals surface area (Å²) in [6.07, 6.45) is 0.721. The molecular formula is C28H37N3O7. The number of nitrogens with zero attached hydrogens (tertiary/aromatic N) is 1. The Morgan fingerprint density at radius 1 is 0.895 bits per heavy atom. The third-order valence-corrected chi connectivity index (χ3v) is 6.85. The van der Waals surface area contributed by atoms with Gasteiger partial charge in [0, 0.05) is 51.0 Å². The molecule has 3 atom stereocenters. The van der Waals surface area contributed by atoms with Crippen molar-refractivity contribution in [3.05, 3.63) is 70.8 Å². The van der Waals surface area contributed by atoms with Gasteiger partial charge in [0.25, 0.3) is 0 Å². The van der Waals surface area contributed by atoms with Crippen LogP contribution in [0, 0.1) is 0 Å². The van der Waals surface area contributed by atoms with Gasteiger partial charge in [-0.05, 0) is 23.1 Å². The Kier molecular flexibility index (Phi) is 10.6. The molecule has 0 bridgehead atoms. The van der Waals surface area contributed by atoms with Crippen molar-refractivity contribution in [2.45, 2.75) is 57.3 Å². The van der Waals surface area contributed by atoms with Crippen LogP contribution in [0.15, 0.2) is 48.5 Å². The van der Waals surface area contributed by atoms with Crippen LogP contribution in [-0.2, 0) is 37.0 Å². The minimum Gasteiger partial charge on any atom is -0.392 e. The van der Waals surface area contributed by atoms with E-state index in [1.54, 1.807) is 5.48 Å². The molecule has 2 saturated heterocycles. The highest BCUT2D eigenvalue weighted by atomic mass is 16.7. The number of nitrogens with one attached hydrogen (secondary N) is 2. The first-order valence-corrected chi connectivity index (χ1v) is 13.1. The number of hydrogen-bond donors (Lipinski definition) is 4. The first-order chi connectivity index (χ1) is 18.5. The molecule has 3 unspecified atom stereocenters. The van der Waals surface area contributed by atoms with Gasteiger partial charge in [0.15, 0.2) is 6.29 Å². The van der Waals surface area contributed by atoms with Crippen LogP contribution in [-0.4, -0.2) is 66.0 Å². The van der Waals surface area contributed by atoms with Crippen molar-refractivity contribution >= 4 is 11.8 Å². The molecule has 4 N–H and O–H groups in total. The van der Waals surface area contributed by atoms with Gasteiger partial charge < -0.3 is 24.6 Å². The molecule has 0 aliphatic carbocycles. The molecule has 2 aromatic carbocycles. The van der Waals surface area contributed by atoms with Crippen LogP contribution < -0.4 is 10.8 Å². The first-order valence-electron chi connectivity index (χ1n) is 13.1. The number of hydrogen-bond acceptors (Lipinski definition) is 8. The topological polar surface area (TPSA) is 130 Å². The number of amides is 2. The molecule has 0 saturated carbocycles. The molecular weight excluding hydrogens is 490 g/mol. The fourth-order valence-corrected chi connectivity index (χ4v) is 4.65. The van der Waals surface area contributed by atoms with Crippen LogP contribution in [0.2, 0.25) is 0 Å².